The highest BCUT2D eigenvalue weighted by molar-refractivity contribution is 5.90. The Morgan fingerprint density at radius 3 is 2.72 bits per heavy atom. The van der Waals surface area contributed by atoms with Crippen LogP contribution in [0.5, 0.6) is 0 Å². The first-order chi connectivity index (χ1) is 8.79. The van der Waals surface area contributed by atoms with Crippen LogP contribution in [0.2, 0.25) is 0 Å². The van der Waals surface area contributed by atoms with E-state index in [4.69, 9.17) is 4.74 Å². The Kier molecular flexibility index (Phi) is 4.35. The fraction of sp³-hybridized carbons (Fsp3) is 0.312. The van der Waals surface area contributed by atoms with E-state index < -0.39 is 0 Å². The van der Waals surface area contributed by atoms with Crippen molar-refractivity contribution in [1.29, 1.82) is 0 Å². The molecule has 1 aliphatic heterocycles. The number of carbonyl (C=O) groups excluding carboxylic acids is 1. The van der Waals surface area contributed by atoms with Gasteiger partial charge in [0.2, 0.25) is 0 Å². The minimum Gasteiger partial charge on any atom is -0.454 e. The standard InChI is InChI=1S/C16H18O2/c1-2-7-15-12-14(16(17)18-15)11-6-10-13-8-4-3-5-9-13/h2-5,8-9,12,15H,1,6-7,10-11H2/t15-/m0/s1. The summed E-state index contributed by atoms with van der Waals surface area (Å²) in [5.41, 5.74) is 2.13. The summed E-state index contributed by atoms with van der Waals surface area (Å²) in [6.07, 6.45) is 7.09. The van der Waals surface area contributed by atoms with Gasteiger partial charge in [-0.1, -0.05) is 36.4 Å². The molecule has 0 radical (unpaired) electrons. The molecule has 18 heavy (non-hydrogen) atoms. The zero-order chi connectivity index (χ0) is 12.8. The minimum absolute atomic E-state index is 0.0956. The molecule has 1 aliphatic rings. The van der Waals surface area contributed by atoms with E-state index in [1.165, 1.54) is 5.56 Å². The van der Waals surface area contributed by atoms with E-state index in [9.17, 15) is 4.79 Å². The monoisotopic (exact) mass is 242 g/mol. The van der Waals surface area contributed by atoms with Crippen molar-refractivity contribution in [3.05, 3.63) is 60.2 Å². The van der Waals surface area contributed by atoms with Gasteiger partial charge in [-0.3, -0.25) is 0 Å². The van der Waals surface area contributed by atoms with Crippen LogP contribution in [0.25, 0.3) is 0 Å². The van der Waals surface area contributed by atoms with Gasteiger partial charge in [-0.15, -0.1) is 6.58 Å². The van der Waals surface area contributed by atoms with Crippen molar-refractivity contribution in [2.45, 2.75) is 31.8 Å². The third-order valence-electron chi connectivity index (χ3n) is 3.06. The summed E-state index contributed by atoms with van der Waals surface area (Å²) in [7, 11) is 0. The molecule has 94 valence electrons. The molecule has 0 aromatic heterocycles. The van der Waals surface area contributed by atoms with Gasteiger partial charge in [-0.25, -0.2) is 4.79 Å². The van der Waals surface area contributed by atoms with Crippen LogP contribution in [-0.2, 0) is 16.0 Å². The van der Waals surface area contributed by atoms with E-state index in [1.807, 2.05) is 24.3 Å². The maximum absolute atomic E-state index is 11.6. The summed E-state index contributed by atoms with van der Waals surface area (Å²) < 4.78 is 5.21. The van der Waals surface area contributed by atoms with E-state index >= 15 is 0 Å². The molecule has 0 saturated heterocycles. The van der Waals surface area contributed by atoms with E-state index in [0.717, 1.165) is 24.8 Å². The van der Waals surface area contributed by atoms with Crippen LogP contribution in [0.1, 0.15) is 24.8 Å². The fourth-order valence-corrected chi connectivity index (χ4v) is 2.13. The van der Waals surface area contributed by atoms with Crippen LogP contribution >= 0.6 is 0 Å². The van der Waals surface area contributed by atoms with E-state index in [0.29, 0.717) is 6.42 Å². The second-order valence-electron chi connectivity index (χ2n) is 4.50. The number of hydrogen-bond acceptors (Lipinski definition) is 2. The molecule has 0 N–H and O–H groups in total. The van der Waals surface area contributed by atoms with Gasteiger partial charge in [0.05, 0.1) is 0 Å². The normalized spacial score (nSPS) is 18.3. The van der Waals surface area contributed by atoms with Crippen LogP contribution in [0, 0.1) is 0 Å². The summed E-state index contributed by atoms with van der Waals surface area (Å²) in [6, 6.07) is 10.3. The molecule has 0 aliphatic carbocycles. The molecule has 0 saturated carbocycles. The number of carbonyl (C=O) groups is 1. The third-order valence-corrected chi connectivity index (χ3v) is 3.06. The fourth-order valence-electron chi connectivity index (χ4n) is 2.13. The predicted octanol–water partition coefficient (Wildman–Crippen LogP) is 3.44. The zero-order valence-corrected chi connectivity index (χ0v) is 10.5. The first kappa shape index (κ1) is 12.6. The van der Waals surface area contributed by atoms with Crippen molar-refractivity contribution < 1.29 is 9.53 Å². The Balaban J connectivity index is 1.81. The Morgan fingerprint density at radius 2 is 2.00 bits per heavy atom. The third kappa shape index (κ3) is 3.33. The second kappa shape index (κ2) is 6.20. The van der Waals surface area contributed by atoms with Crippen LogP contribution in [0.15, 0.2) is 54.6 Å². The lowest BCUT2D eigenvalue weighted by Crippen LogP contribution is -2.06. The number of ether oxygens (including phenoxy) is 1. The zero-order valence-electron chi connectivity index (χ0n) is 10.5. The molecule has 1 aromatic carbocycles. The van der Waals surface area contributed by atoms with Crippen LogP contribution in [0.3, 0.4) is 0 Å². The molecule has 0 spiro atoms. The molecule has 0 unspecified atom stereocenters. The van der Waals surface area contributed by atoms with Crippen molar-refractivity contribution in [3.63, 3.8) is 0 Å². The van der Waals surface area contributed by atoms with E-state index in [1.54, 1.807) is 6.08 Å². The van der Waals surface area contributed by atoms with Crippen LogP contribution in [-0.4, -0.2) is 12.1 Å². The number of aryl methyl sites for hydroxylation is 1. The number of hydrogen-bond donors (Lipinski definition) is 0. The maximum Gasteiger partial charge on any atom is 0.334 e. The van der Waals surface area contributed by atoms with Gasteiger partial charge in [0, 0.05) is 12.0 Å². The Labute approximate surface area is 108 Å². The average molecular weight is 242 g/mol. The van der Waals surface area contributed by atoms with Gasteiger partial charge in [-0.2, -0.15) is 0 Å². The molecule has 2 rings (SSSR count). The largest absolute Gasteiger partial charge is 0.454 e. The molecular weight excluding hydrogens is 224 g/mol. The molecule has 1 atom stereocenters. The molecule has 1 heterocycles. The predicted molar refractivity (Wildman–Crippen MR) is 72.2 cm³/mol. The number of rotatable bonds is 6. The molecule has 0 bridgehead atoms. The van der Waals surface area contributed by atoms with Gasteiger partial charge in [0.1, 0.15) is 6.10 Å². The second-order valence-corrected chi connectivity index (χ2v) is 4.50. The first-order valence-electron chi connectivity index (χ1n) is 6.36. The van der Waals surface area contributed by atoms with Crippen molar-refractivity contribution in [2.24, 2.45) is 0 Å². The Bertz CT molecular complexity index is 445. The smallest absolute Gasteiger partial charge is 0.334 e. The quantitative estimate of drug-likeness (QED) is 0.564. The van der Waals surface area contributed by atoms with Crippen molar-refractivity contribution in [2.75, 3.05) is 0 Å². The molecule has 0 amide bonds. The first-order valence-corrected chi connectivity index (χ1v) is 6.36. The Morgan fingerprint density at radius 1 is 1.22 bits per heavy atom. The van der Waals surface area contributed by atoms with Crippen LogP contribution in [0.4, 0.5) is 0 Å². The SMILES string of the molecule is C=CC[C@H]1C=C(CCCc2ccccc2)C(=O)O1. The summed E-state index contributed by atoms with van der Waals surface area (Å²) in [5.74, 6) is -0.157. The van der Waals surface area contributed by atoms with Gasteiger partial charge in [-0.05, 0) is 30.9 Å². The minimum atomic E-state index is -0.157. The summed E-state index contributed by atoms with van der Waals surface area (Å²) in [5, 5.41) is 0. The van der Waals surface area contributed by atoms with Crippen molar-refractivity contribution in [3.8, 4) is 0 Å². The van der Waals surface area contributed by atoms with Crippen LogP contribution < -0.4 is 0 Å². The molecule has 1 aromatic rings. The lowest BCUT2D eigenvalue weighted by Gasteiger charge is -2.03. The molecule has 2 heteroatoms. The molecule has 2 nitrogen and oxygen atoms in total. The van der Waals surface area contributed by atoms with E-state index in [2.05, 4.69) is 18.7 Å². The lowest BCUT2D eigenvalue weighted by molar-refractivity contribution is -0.139. The lowest BCUT2D eigenvalue weighted by atomic mass is 10.0. The van der Waals surface area contributed by atoms with Crippen molar-refractivity contribution >= 4 is 5.97 Å². The topological polar surface area (TPSA) is 26.3 Å². The van der Waals surface area contributed by atoms with Gasteiger partial charge >= 0.3 is 5.97 Å². The van der Waals surface area contributed by atoms with Crippen molar-refractivity contribution in [1.82, 2.24) is 0 Å². The highest BCUT2D eigenvalue weighted by Crippen LogP contribution is 2.21. The summed E-state index contributed by atoms with van der Waals surface area (Å²) in [6.45, 7) is 3.66. The molecule has 0 fully saturated rings. The van der Waals surface area contributed by atoms with E-state index in [-0.39, 0.29) is 12.1 Å². The number of cyclic esters (lactones) is 1. The maximum atomic E-state index is 11.6. The highest BCUT2D eigenvalue weighted by Gasteiger charge is 2.23. The average Bonchev–Trinajstić information content (AvgIpc) is 2.72. The van der Waals surface area contributed by atoms with Gasteiger partial charge < -0.3 is 4.74 Å². The summed E-state index contributed by atoms with van der Waals surface area (Å²) in [4.78, 5) is 11.6. The number of esters is 1. The van der Waals surface area contributed by atoms with Gasteiger partial charge in [0.15, 0.2) is 0 Å². The highest BCUT2D eigenvalue weighted by atomic mass is 16.5. The van der Waals surface area contributed by atoms with Gasteiger partial charge in [0.25, 0.3) is 0 Å². The number of benzene rings is 1. The Hall–Kier alpha value is -1.83. The summed E-state index contributed by atoms with van der Waals surface area (Å²) >= 11 is 0. The molecular formula is C16H18O2.